The van der Waals surface area contributed by atoms with Crippen LogP contribution in [0.3, 0.4) is 0 Å². The Balaban J connectivity index is 1.57. The van der Waals surface area contributed by atoms with E-state index in [9.17, 15) is 14.4 Å². The third-order valence-electron chi connectivity index (χ3n) is 3.92. The number of carbonyl (C=O) groups excluding carboxylic acids is 2. The molecule has 0 radical (unpaired) electrons. The summed E-state index contributed by atoms with van der Waals surface area (Å²) in [4.78, 5) is 36.1. The summed E-state index contributed by atoms with van der Waals surface area (Å²) < 4.78 is 11.6. The number of aromatic nitrogens is 1. The molecule has 27 heavy (non-hydrogen) atoms. The van der Waals surface area contributed by atoms with Crippen LogP contribution < -0.4 is 11.1 Å². The van der Waals surface area contributed by atoms with Gasteiger partial charge in [-0.15, -0.1) is 0 Å². The minimum absolute atomic E-state index is 0.0762. The Morgan fingerprint density at radius 2 is 1.89 bits per heavy atom. The molecule has 0 spiro atoms. The van der Waals surface area contributed by atoms with Crippen molar-refractivity contribution in [1.82, 2.24) is 4.57 Å². The first kappa shape index (κ1) is 18.7. The molecule has 0 unspecified atom stereocenters. The van der Waals surface area contributed by atoms with Gasteiger partial charge in [-0.1, -0.05) is 35.9 Å². The Bertz CT molecular complexity index is 1040. The van der Waals surface area contributed by atoms with Crippen molar-refractivity contribution in [3.63, 3.8) is 0 Å². The lowest BCUT2D eigenvalue weighted by molar-refractivity contribution is -0.153. The number of rotatable bonds is 6. The number of anilines is 1. The molecule has 7 nitrogen and oxygen atoms in total. The number of nitrogens with zero attached hydrogens (tertiary/aromatic N) is 1. The fraction of sp³-hybridized carbons (Fsp3) is 0.211. The minimum Gasteiger partial charge on any atom is -0.452 e. The van der Waals surface area contributed by atoms with E-state index in [-0.39, 0.29) is 13.0 Å². The highest BCUT2D eigenvalue weighted by atomic mass is 35.5. The molecule has 1 heterocycles. The summed E-state index contributed by atoms with van der Waals surface area (Å²) in [6.07, 6.45) is -1.08. The zero-order valence-electron chi connectivity index (χ0n) is 14.5. The maximum Gasteiger partial charge on any atom is 0.419 e. The Labute approximate surface area is 159 Å². The number of para-hydroxylation sites is 3. The molecule has 8 heteroatoms. The lowest BCUT2D eigenvalue weighted by Gasteiger charge is -2.14. The maximum atomic E-state index is 12.1. The molecular weight excluding hydrogens is 372 g/mol. The second kappa shape index (κ2) is 8.09. The van der Waals surface area contributed by atoms with E-state index >= 15 is 0 Å². The average molecular weight is 389 g/mol. The number of carbonyl (C=O) groups is 2. The van der Waals surface area contributed by atoms with Gasteiger partial charge in [0.05, 0.1) is 22.6 Å². The van der Waals surface area contributed by atoms with Gasteiger partial charge in [0.2, 0.25) is 0 Å². The van der Waals surface area contributed by atoms with Gasteiger partial charge in [-0.05, 0) is 31.2 Å². The summed E-state index contributed by atoms with van der Waals surface area (Å²) >= 11 is 5.98. The molecule has 3 aromatic rings. The zero-order chi connectivity index (χ0) is 19.4. The Morgan fingerprint density at radius 1 is 1.19 bits per heavy atom. The third kappa shape index (κ3) is 4.38. The number of aryl methyl sites for hydroxylation is 1. The SMILES string of the molecule is C[C@H](OC(=O)CCn1c(=O)oc2ccccc21)C(=O)Nc1ccccc1Cl. The molecule has 0 aliphatic carbocycles. The zero-order valence-corrected chi connectivity index (χ0v) is 15.2. The van der Waals surface area contributed by atoms with Crippen molar-refractivity contribution in [2.75, 3.05) is 5.32 Å². The molecular formula is C19H17ClN2O5. The Hall–Kier alpha value is -3.06. The van der Waals surface area contributed by atoms with Crippen LogP contribution in [0.5, 0.6) is 0 Å². The van der Waals surface area contributed by atoms with E-state index in [2.05, 4.69) is 5.32 Å². The van der Waals surface area contributed by atoms with Gasteiger partial charge in [0.15, 0.2) is 11.7 Å². The normalized spacial score (nSPS) is 11.9. The number of hydrogen-bond donors (Lipinski definition) is 1. The summed E-state index contributed by atoms with van der Waals surface area (Å²) in [5.74, 6) is -1.65. The van der Waals surface area contributed by atoms with Crippen molar-refractivity contribution in [2.45, 2.75) is 26.0 Å². The predicted octanol–water partition coefficient (Wildman–Crippen LogP) is 3.21. The molecule has 0 saturated heterocycles. The van der Waals surface area contributed by atoms with Crippen LogP contribution in [0, 0.1) is 0 Å². The number of amides is 1. The van der Waals surface area contributed by atoms with Crippen LogP contribution in [-0.2, 0) is 20.9 Å². The van der Waals surface area contributed by atoms with Crippen LogP contribution >= 0.6 is 11.6 Å². The van der Waals surface area contributed by atoms with Crippen LogP contribution in [0.2, 0.25) is 5.02 Å². The second-order valence-corrected chi connectivity index (χ2v) is 6.25. The average Bonchev–Trinajstić information content (AvgIpc) is 2.97. The fourth-order valence-corrected chi connectivity index (χ4v) is 2.72. The van der Waals surface area contributed by atoms with Gasteiger partial charge in [0, 0.05) is 6.54 Å². The number of esters is 1. The van der Waals surface area contributed by atoms with E-state index in [1.165, 1.54) is 11.5 Å². The van der Waals surface area contributed by atoms with E-state index in [0.717, 1.165) is 0 Å². The number of nitrogens with one attached hydrogen (secondary N) is 1. The van der Waals surface area contributed by atoms with Gasteiger partial charge < -0.3 is 14.5 Å². The van der Waals surface area contributed by atoms with Crippen LogP contribution in [0.25, 0.3) is 11.1 Å². The lowest BCUT2D eigenvalue weighted by Crippen LogP contribution is -2.30. The predicted molar refractivity (Wildman–Crippen MR) is 101 cm³/mol. The molecule has 1 aromatic heterocycles. The molecule has 0 aliphatic heterocycles. The topological polar surface area (TPSA) is 90.5 Å². The van der Waals surface area contributed by atoms with Gasteiger partial charge in [0.25, 0.3) is 5.91 Å². The molecule has 1 amide bonds. The summed E-state index contributed by atoms with van der Waals surface area (Å²) in [6, 6.07) is 13.7. The molecule has 3 rings (SSSR count). The van der Waals surface area contributed by atoms with Crippen molar-refractivity contribution < 1.29 is 18.7 Å². The highest BCUT2D eigenvalue weighted by Gasteiger charge is 2.19. The molecule has 1 N–H and O–H groups in total. The molecule has 1 atom stereocenters. The molecule has 0 saturated carbocycles. The van der Waals surface area contributed by atoms with Gasteiger partial charge >= 0.3 is 11.7 Å². The van der Waals surface area contributed by atoms with E-state index in [1.807, 2.05) is 0 Å². The monoisotopic (exact) mass is 388 g/mol. The van der Waals surface area contributed by atoms with Crippen molar-refractivity contribution in [3.8, 4) is 0 Å². The smallest absolute Gasteiger partial charge is 0.419 e. The number of oxazole rings is 1. The number of halogens is 1. The number of benzene rings is 2. The molecule has 0 bridgehead atoms. The van der Waals surface area contributed by atoms with Crippen LogP contribution in [-0.4, -0.2) is 22.5 Å². The van der Waals surface area contributed by atoms with E-state index < -0.39 is 23.7 Å². The Kier molecular flexibility index (Phi) is 5.61. The number of fused-ring (bicyclic) bond motifs is 1. The fourth-order valence-electron chi connectivity index (χ4n) is 2.54. The highest BCUT2D eigenvalue weighted by Crippen LogP contribution is 2.20. The van der Waals surface area contributed by atoms with Crippen LogP contribution in [0.15, 0.2) is 57.7 Å². The van der Waals surface area contributed by atoms with Gasteiger partial charge in [-0.25, -0.2) is 4.79 Å². The molecule has 0 aliphatic rings. The molecule has 2 aromatic carbocycles. The van der Waals surface area contributed by atoms with Crippen molar-refractivity contribution >= 4 is 40.3 Å². The molecule has 0 fully saturated rings. The van der Waals surface area contributed by atoms with Crippen molar-refractivity contribution in [3.05, 3.63) is 64.1 Å². The lowest BCUT2D eigenvalue weighted by atomic mass is 10.3. The Morgan fingerprint density at radius 3 is 2.67 bits per heavy atom. The highest BCUT2D eigenvalue weighted by molar-refractivity contribution is 6.33. The van der Waals surface area contributed by atoms with E-state index in [0.29, 0.717) is 21.8 Å². The maximum absolute atomic E-state index is 12.1. The van der Waals surface area contributed by atoms with Crippen molar-refractivity contribution in [2.24, 2.45) is 0 Å². The molecule has 140 valence electrons. The van der Waals surface area contributed by atoms with Crippen LogP contribution in [0.4, 0.5) is 5.69 Å². The first-order chi connectivity index (χ1) is 13.0. The summed E-state index contributed by atoms with van der Waals surface area (Å²) in [6.45, 7) is 1.55. The standard InChI is InChI=1S/C19H17ClN2O5/c1-12(18(24)21-14-7-3-2-6-13(14)20)26-17(23)10-11-22-15-8-4-5-9-16(15)27-19(22)25/h2-9,12H,10-11H2,1H3,(H,21,24)/t12-/m0/s1. The van der Waals surface area contributed by atoms with E-state index in [1.54, 1.807) is 48.5 Å². The van der Waals surface area contributed by atoms with Gasteiger partial charge in [-0.3, -0.25) is 14.2 Å². The minimum atomic E-state index is -1.01. The first-order valence-electron chi connectivity index (χ1n) is 8.29. The van der Waals surface area contributed by atoms with Crippen LogP contribution in [0.1, 0.15) is 13.3 Å². The first-order valence-corrected chi connectivity index (χ1v) is 8.67. The summed E-state index contributed by atoms with van der Waals surface area (Å²) in [5, 5.41) is 2.98. The number of ether oxygens (including phenoxy) is 1. The largest absolute Gasteiger partial charge is 0.452 e. The summed E-state index contributed by atoms with van der Waals surface area (Å²) in [5.41, 5.74) is 1.48. The van der Waals surface area contributed by atoms with Gasteiger partial charge in [0.1, 0.15) is 0 Å². The van der Waals surface area contributed by atoms with E-state index in [4.69, 9.17) is 20.8 Å². The summed E-state index contributed by atoms with van der Waals surface area (Å²) in [7, 11) is 0. The second-order valence-electron chi connectivity index (χ2n) is 5.84. The quantitative estimate of drug-likeness (QED) is 0.655. The van der Waals surface area contributed by atoms with Crippen molar-refractivity contribution in [1.29, 1.82) is 0 Å². The van der Waals surface area contributed by atoms with Gasteiger partial charge in [-0.2, -0.15) is 0 Å². The number of hydrogen-bond acceptors (Lipinski definition) is 5. The third-order valence-corrected chi connectivity index (χ3v) is 4.25.